The van der Waals surface area contributed by atoms with Crippen LogP contribution < -0.4 is 14.2 Å². The number of sulfonamides is 1. The number of rotatable bonds is 14. The molecule has 1 aromatic carbocycles. The molecule has 1 N–H and O–H groups in total. The van der Waals surface area contributed by atoms with E-state index in [9.17, 15) is 36.4 Å². The predicted molar refractivity (Wildman–Crippen MR) is 215 cm³/mol. The summed E-state index contributed by atoms with van der Waals surface area (Å²) in [6.07, 6.45) is 2.06. The fourth-order valence-corrected chi connectivity index (χ4v) is 9.70. The van der Waals surface area contributed by atoms with Gasteiger partial charge in [0.15, 0.2) is 5.78 Å². The Morgan fingerprint density at radius 2 is 1.80 bits per heavy atom. The second-order valence-electron chi connectivity index (χ2n) is 17.5. The molecule has 0 spiro atoms. The van der Waals surface area contributed by atoms with Crippen LogP contribution in [0.15, 0.2) is 61.3 Å². The Balaban J connectivity index is 1.21. The van der Waals surface area contributed by atoms with E-state index in [4.69, 9.17) is 14.5 Å². The Bertz CT molecular complexity index is 2250. The van der Waals surface area contributed by atoms with Crippen LogP contribution in [0.1, 0.15) is 72.1 Å². The number of nitrogens with one attached hydrogen (secondary N) is 1. The monoisotopic (exact) mass is 835 g/mol. The Kier molecular flexibility index (Phi) is 11.3. The average Bonchev–Trinajstić information content (AvgIpc) is 4.13. The fourth-order valence-electron chi connectivity index (χ4n) is 8.32. The van der Waals surface area contributed by atoms with Crippen LogP contribution in [0.5, 0.6) is 11.5 Å². The number of fused-ring (bicyclic) bond motifs is 1. The number of allylic oxidation sites excluding steroid dienone is 1. The highest BCUT2D eigenvalue weighted by Gasteiger charge is 2.61. The van der Waals surface area contributed by atoms with Crippen LogP contribution in [-0.4, -0.2) is 102 Å². The number of likely N-dealkylation sites (tertiary alicyclic amines) is 2. The first-order valence-corrected chi connectivity index (χ1v) is 21.6. The van der Waals surface area contributed by atoms with Crippen LogP contribution in [-0.2, 0) is 29.2 Å². The van der Waals surface area contributed by atoms with Crippen LogP contribution >= 0.6 is 0 Å². The summed E-state index contributed by atoms with van der Waals surface area (Å²) >= 11 is 0. The van der Waals surface area contributed by atoms with E-state index in [1.54, 1.807) is 49.7 Å². The quantitative estimate of drug-likeness (QED) is 0.199. The Labute approximate surface area is 343 Å². The molecule has 0 bridgehead atoms. The van der Waals surface area contributed by atoms with Gasteiger partial charge in [0.25, 0.3) is 5.92 Å². The molecule has 16 heteroatoms. The topological polar surface area (TPSA) is 165 Å². The van der Waals surface area contributed by atoms with Gasteiger partial charge < -0.3 is 19.3 Å². The van der Waals surface area contributed by atoms with Gasteiger partial charge in [0.1, 0.15) is 17.6 Å². The van der Waals surface area contributed by atoms with Gasteiger partial charge in [-0.05, 0) is 54.9 Å². The van der Waals surface area contributed by atoms with Crippen LogP contribution in [0.4, 0.5) is 8.78 Å². The molecule has 4 heterocycles. The zero-order chi connectivity index (χ0) is 42.5. The molecule has 2 saturated heterocycles. The number of nitrogens with zero attached hydrogens (tertiary/aromatic N) is 4. The van der Waals surface area contributed by atoms with Crippen molar-refractivity contribution in [3.8, 4) is 22.9 Å². The molecule has 0 radical (unpaired) electrons. The third-order valence-corrected chi connectivity index (χ3v) is 14.1. The minimum Gasteiger partial charge on any atom is -0.497 e. The van der Waals surface area contributed by atoms with Crippen molar-refractivity contribution in [1.29, 1.82) is 0 Å². The van der Waals surface area contributed by atoms with E-state index in [0.29, 0.717) is 46.6 Å². The molecule has 316 valence electrons. The number of ether oxygens (including phenoxy) is 2. The number of pyridine rings is 2. The molecule has 3 amide bonds. The second kappa shape index (κ2) is 15.9. The van der Waals surface area contributed by atoms with E-state index in [0.717, 1.165) is 0 Å². The van der Waals surface area contributed by atoms with Gasteiger partial charge in [-0.15, -0.1) is 6.58 Å². The predicted octanol–water partition coefficient (Wildman–Crippen LogP) is 5.72. The van der Waals surface area contributed by atoms with Crippen molar-refractivity contribution in [2.24, 2.45) is 22.7 Å². The highest BCUT2D eigenvalue weighted by atomic mass is 32.2. The summed E-state index contributed by atoms with van der Waals surface area (Å²) in [6.45, 7) is 8.94. The van der Waals surface area contributed by atoms with Crippen LogP contribution in [0, 0.1) is 22.7 Å². The molecule has 59 heavy (non-hydrogen) atoms. The maximum Gasteiger partial charge on any atom is 0.251 e. The van der Waals surface area contributed by atoms with Gasteiger partial charge in [0.05, 0.1) is 53.2 Å². The zero-order valence-corrected chi connectivity index (χ0v) is 34.6. The van der Waals surface area contributed by atoms with Crippen molar-refractivity contribution in [2.75, 3.05) is 26.7 Å². The highest BCUT2D eigenvalue weighted by molar-refractivity contribution is 7.90. The molecule has 3 aromatic rings. The molecule has 4 fully saturated rings. The molecule has 0 unspecified atom stereocenters. The van der Waals surface area contributed by atoms with Crippen LogP contribution in [0.3, 0.4) is 0 Å². The molecule has 2 aromatic heterocycles. The van der Waals surface area contributed by atoms with Gasteiger partial charge in [0, 0.05) is 68.9 Å². The summed E-state index contributed by atoms with van der Waals surface area (Å²) in [6, 6.07) is 11.4. The van der Waals surface area contributed by atoms with Gasteiger partial charge in [-0.1, -0.05) is 32.9 Å². The van der Waals surface area contributed by atoms with E-state index in [-0.39, 0.29) is 45.3 Å². The van der Waals surface area contributed by atoms with E-state index in [1.807, 2.05) is 32.9 Å². The number of Topliss-reactive ketones (excluding diaryl/α,β-unsaturated/α-hetero) is 1. The molecular formula is C43H51F2N5O8S. The lowest BCUT2D eigenvalue weighted by atomic mass is 9.77. The van der Waals surface area contributed by atoms with E-state index in [1.165, 1.54) is 9.80 Å². The van der Waals surface area contributed by atoms with Crippen molar-refractivity contribution in [1.82, 2.24) is 24.5 Å². The van der Waals surface area contributed by atoms with Crippen molar-refractivity contribution in [3.05, 3.63) is 61.3 Å². The SMILES string of the molecule is C=C[C@@H]1C[C@]1(CC(=O)[C@@H]1C[C@@H](Oc2cc(-c3ccccn3)nc3cc(OC)ccc23)CN1C(=O)[C@@H](CC(=O)N1CCC(F)(F)CC1)C(C)(C)C)C(=O)NS(=O)(=O)C1CC1. The standard InChI is InChI=1S/C43H51F2N5O8S/c1-6-26-23-42(26,40(54)48-59(55,56)29-11-12-29)24-36(51)35-20-28(25-50(35)39(53)31(41(2,3)4)21-38(52)49-17-14-43(44,45)15-18-49)58-37-22-34(32-9-7-8-16-46-32)47-33-19-27(57-5)10-13-30(33)37/h6-10,13,16,19,22,26,28-29,31,35H,1,11-12,14-15,17-18,20-21,23-25H2,2-5H3,(H,48,54)/t26-,28-,31-,35+,42-/m1/s1. The van der Waals surface area contributed by atoms with Gasteiger partial charge in [-0.3, -0.25) is 28.9 Å². The maximum atomic E-state index is 14.9. The smallest absolute Gasteiger partial charge is 0.251 e. The number of aromatic nitrogens is 2. The van der Waals surface area contributed by atoms with E-state index in [2.05, 4.69) is 16.3 Å². The lowest BCUT2D eigenvalue weighted by Crippen LogP contribution is -2.50. The molecular weight excluding hydrogens is 785 g/mol. The number of piperidine rings is 1. The molecule has 7 rings (SSSR count). The van der Waals surface area contributed by atoms with Gasteiger partial charge in [-0.2, -0.15) is 0 Å². The Morgan fingerprint density at radius 3 is 2.41 bits per heavy atom. The van der Waals surface area contributed by atoms with Gasteiger partial charge in [0.2, 0.25) is 27.7 Å². The molecule has 13 nitrogen and oxygen atoms in total. The van der Waals surface area contributed by atoms with E-state index >= 15 is 0 Å². The number of halogens is 2. The molecule has 2 saturated carbocycles. The van der Waals surface area contributed by atoms with Crippen LogP contribution in [0.25, 0.3) is 22.3 Å². The van der Waals surface area contributed by atoms with E-state index < -0.39 is 92.4 Å². The number of methoxy groups -OCH3 is 1. The molecule has 4 aliphatic rings. The summed E-state index contributed by atoms with van der Waals surface area (Å²) in [5.74, 6) is -5.41. The average molecular weight is 836 g/mol. The number of carbonyl (C=O) groups is 4. The number of hydrogen-bond acceptors (Lipinski definition) is 10. The lowest BCUT2D eigenvalue weighted by Gasteiger charge is -2.37. The maximum absolute atomic E-state index is 14.9. The second-order valence-corrected chi connectivity index (χ2v) is 19.4. The van der Waals surface area contributed by atoms with Crippen LogP contribution in [0.2, 0.25) is 0 Å². The molecule has 2 aliphatic heterocycles. The summed E-state index contributed by atoms with van der Waals surface area (Å²) in [4.78, 5) is 68.9. The summed E-state index contributed by atoms with van der Waals surface area (Å²) < 4.78 is 68.0. The summed E-state index contributed by atoms with van der Waals surface area (Å²) in [5, 5.41) is -0.00861. The minimum absolute atomic E-state index is 0.0340. The molecule has 2 aliphatic carbocycles. The Hall–Kier alpha value is -4.99. The number of ketones is 1. The third kappa shape index (κ3) is 8.97. The van der Waals surface area contributed by atoms with Crippen molar-refractivity contribution >= 4 is 44.4 Å². The highest BCUT2D eigenvalue weighted by Crippen LogP contribution is 2.57. The Morgan fingerprint density at radius 1 is 1.07 bits per heavy atom. The third-order valence-electron chi connectivity index (χ3n) is 12.2. The number of benzene rings is 1. The largest absolute Gasteiger partial charge is 0.497 e. The number of amides is 3. The van der Waals surface area contributed by atoms with Crippen molar-refractivity contribution in [2.45, 2.75) is 95.5 Å². The number of alkyl halides is 2. The summed E-state index contributed by atoms with van der Waals surface area (Å²) in [7, 11) is -2.36. The van der Waals surface area contributed by atoms with Gasteiger partial charge in [-0.25, -0.2) is 22.2 Å². The zero-order valence-electron chi connectivity index (χ0n) is 33.8. The lowest BCUT2D eigenvalue weighted by molar-refractivity contribution is -0.150. The van der Waals surface area contributed by atoms with Crippen molar-refractivity contribution in [3.63, 3.8) is 0 Å². The fraction of sp³-hybridized carbons (Fsp3) is 0.535. The summed E-state index contributed by atoms with van der Waals surface area (Å²) in [5.41, 5.74) is -0.495. The van der Waals surface area contributed by atoms with Crippen molar-refractivity contribution < 1.29 is 45.9 Å². The first-order chi connectivity index (χ1) is 27.8. The van der Waals surface area contributed by atoms with Gasteiger partial charge >= 0.3 is 0 Å². The normalized spacial score (nSPS) is 24.6. The first-order valence-electron chi connectivity index (χ1n) is 20.1. The number of hydrogen-bond donors (Lipinski definition) is 1. The molecule has 5 atom stereocenters. The minimum atomic E-state index is -3.91. The number of carbonyl (C=O) groups excluding carboxylic acids is 4. The first kappa shape index (κ1) is 42.1.